The Bertz CT molecular complexity index is 957. The van der Waals surface area contributed by atoms with Gasteiger partial charge in [-0.3, -0.25) is 9.78 Å². The predicted molar refractivity (Wildman–Crippen MR) is 106 cm³/mol. The van der Waals surface area contributed by atoms with Gasteiger partial charge < -0.3 is 20.1 Å². The van der Waals surface area contributed by atoms with E-state index in [1.165, 1.54) is 0 Å². The molecule has 0 bridgehead atoms. The predicted octanol–water partition coefficient (Wildman–Crippen LogP) is 4.40. The largest absolute Gasteiger partial charge is 0.497 e. The normalized spacial score (nSPS) is 10.2. The maximum absolute atomic E-state index is 12.5. The maximum atomic E-state index is 12.5. The number of hydrogen-bond acceptors (Lipinski definition) is 5. The highest BCUT2D eigenvalue weighted by Crippen LogP contribution is 2.31. The molecule has 0 saturated carbocycles. The molecule has 0 aliphatic carbocycles. The Balaban J connectivity index is 1.80. The van der Waals surface area contributed by atoms with Crippen molar-refractivity contribution in [3.8, 4) is 11.5 Å². The summed E-state index contributed by atoms with van der Waals surface area (Å²) in [6.45, 7) is 1.94. The van der Waals surface area contributed by atoms with Crippen LogP contribution in [-0.2, 0) is 0 Å². The van der Waals surface area contributed by atoms with Crippen molar-refractivity contribution in [1.82, 2.24) is 4.98 Å². The summed E-state index contributed by atoms with van der Waals surface area (Å²) in [4.78, 5) is 16.7. The minimum Gasteiger partial charge on any atom is -0.497 e. The molecule has 3 aromatic rings. The van der Waals surface area contributed by atoms with Gasteiger partial charge in [0.05, 0.1) is 19.9 Å². The van der Waals surface area contributed by atoms with Crippen molar-refractivity contribution >= 4 is 23.0 Å². The van der Waals surface area contributed by atoms with Crippen LogP contribution in [0.4, 0.5) is 17.1 Å². The van der Waals surface area contributed by atoms with Crippen molar-refractivity contribution in [3.63, 3.8) is 0 Å². The van der Waals surface area contributed by atoms with E-state index >= 15 is 0 Å². The number of nitrogens with zero attached hydrogens (tertiary/aromatic N) is 1. The van der Waals surface area contributed by atoms with Crippen LogP contribution in [0.25, 0.3) is 0 Å². The Morgan fingerprint density at radius 3 is 2.52 bits per heavy atom. The fourth-order valence-corrected chi connectivity index (χ4v) is 2.59. The Morgan fingerprint density at radius 1 is 0.963 bits per heavy atom. The second kappa shape index (κ2) is 8.23. The highest BCUT2D eigenvalue weighted by atomic mass is 16.5. The van der Waals surface area contributed by atoms with E-state index < -0.39 is 0 Å². The van der Waals surface area contributed by atoms with Crippen molar-refractivity contribution in [2.24, 2.45) is 0 Å². The lowest BCUT2D eigenvalue weighted by Crippen LogP contribution is -2.14. The number of benzene rings is 2. The van der Waals surface area contributed by atoms with Gasteiger partial charge in [0.25, 0.3) is 5.91 Å². The van der Waals surface area contributed by atoms with Crippen molar-refractivity contribution in [1.29, 1.82) is 0 Å². The number of ether oxygens (including phenoxy) is 2. The van der Waals surface area contributed by atoms with Crippen LogP contribution in [0.2, 0.25) is 0 Å². The summed E-state index contributed by atoms with van der Waals surface area (Å²) in [5.74, 6) is 1.07. The van der Waals surface area contributed by atoms with E-state index in [1.807, 2.05) is 43.3 Å². The molecular formula is C21H21N3O3. The molecule has 0 atom stereocenters. The molecule has 0 aliphatic rings. The van der Waals surface area contributed by atoms with Crippen LogP contribution in [0.15, 0.2) is 60.8 Å². The summed E-state index contributed by atoms with van der Waals surface area (Å²) in [7, 11) is 3.19. The molecule has 1 heterocycles. The Labute approximate surface area is 158 Å². The van der Waals surface area contributed by atoms with E-state index in [1.54, 1.807) is 38.6 Å². The topological polar surface area (TPSA) is 72.5 Å². The second-order valence-corrected chi connectivity index (χ2v) is 5.89. The number of amides is 1. The van der Waals surface area contributed by atoms with Crippen LogP contribution >= 0.6 is 0 Å². The average Bonchev–Trinajstić information content (AvgIpc) is 2.70. The molecule has 0 spiro atoms. The number of hydrogen-bond donors (Lipinski definition) is 2. The number of aryl methyl sites for hydroxylation is 1. The van der Waals surface area contributed by atoms with Gasteiger partial charge in [-0.25, -0.2) is 0 Å². The standard InChI is InChI=1S/C21H21N3O3/c1-14-6-4-5-7-17(14)24-21(25)19-12-15(10-11-22-19)23-18-9-8-16(26-2)13-20(18)27-3/h4-13H,1-3H3,(H,22,23)(H,24,25). The lowest BCUT2D eigenvalue weighted by Gasteiger charge is -2.13. The zero-order valence-electron chi connectivity index (χ0n) is 15.4. The summed E-state index contributed by atoms with van der Waals surface area (Å²) in [5, 5.41) is 6.13. The van der Waals surface area contributed by atoms with Crippen LogP contribution in [0.3, 0.4) is 0 Å². The van der Waals surface area contributed by atoms with Crippen molar-refractivity contribution in [2.45, 2.75) is 6.92 Å². The fraction of sp³-hybridized carbons (Fsp3) is 0.143. The minimum atomic E-state index is -0.269. The molecule has 0 aliphatic heterocycles. The first-order chi connectivity index (χ1) is 13.1. The van der Waals surface area contributed by atoms with Crippen LogP contribution in [0.1, 0.15) is 16.1 Å². The third-order valence-electron chi connectivity index (χ3n) is 4.07. The molecule has 0 fully saturated rings. The summed E-state index contributed by atoms with van der Waals surface area (Å²) in [6.07, 6.45) is 1.59. The van der Waals surface area contributed by atoms with Crippen LogP contribution in [-0.4, -0.2) is 25.1 Å². The summed E-state index contributed by atoms with van der Waals surface area (Å²) < 4.78 is 10.6. The number of anilines is 3. The van der Waals surface area contributed by atoms with E-state index in [4.69, 9.17) is 9.47 Å². The number of carbonyl (C=O) groups is 1. The summed E-state index contributed by atoms with van der Waals surface area (Å²) in [5.41, 5.74) is 3.55. The number of rotatable bonds is 6. The number of para-hydroxylation sites is 1. The minimum absolute atomic E-state index is 0.269. The molecule has 2 aromatic carbocycles. The molecule has 2 N–H and O–H groups in total. The monoisotopic (exact) mass is 363 g/mol. The van der Waals surface area contributed by atoms with Gasteiger partial charge >= 0.3 is 0 Å². The van der Waals surface area contributed by atoms with Gasteiger partial charge in [-0.15, -0.1) is 0 Å². The Hall–Kier alpha value is -3.54. The summed E-state index contributed by atoms with van der Waals surface area (Å²) >= 11 is 0. The molecule has 6 heteroatoms. The SMILES string of the molecule is COc1ccc(Nc2ccnc(C(=O)Nc3ccccc3C)c2)c(OC)c1. The van der Waals surface area contributed by atoms with E-state index in [0.717, 1.165) is 22.6 Å². The Morgan fingerprint density at radius 2 is 1.78 bits per heavy atom. The fourth-order valence-electron chi connectivity index (χ4n) is 2.59. The number of carbonyl (C=O) groups excluding carboxylic acids is 1. The molecule has 0 unspecified atom stereocenters. The second-order valence-electron chi connectivity index (χ2n) is 5.89. The number of aromatic nitrogens is 1. The van der Waals surface area contributed by atoms with Crippen LogP contribution < -0.4 is 20.1 Å². The molecule has 1 aromatic heterocycles. The van der Waals surface area contributed by atoms with E-state index in [9.17, 15) is 4.79 Å². The molecule has 1 amide bonds. The van der Waals surface area contributed by atoms with Crippen LogP contribution in [0.5, 0.6) is 11.5 Å². The third kappa shape index (κ3) is 4.36. The van der Waals surface area contributed by atoms with Gasteiger partial charge in [-0.05, 0) is 42.8 Å². The van der Waals surface area contributed by atoms with Crippen LogP contribution in [0, 0.1) is 6.92 Å². The molecule has 0 saturated heterocycles. The molecule has 0 radical (unpaired) electrons. The average molecular weight is 363 g/mol. The Kier molecular flexibility index (Phi) is 5.56. The zero-order valence-corrected chi connectivity index (χ0v) is 15.4. The van der Waals surface area contributed by atoms with E-state index in [0.29, 0.717) is 17.2 Å². The lowest BCUT2D eigenvalue weighted by molar-refractivity contribution is 0.102. The van der Waals surface area contributed by atoms with E-state index in [-0.39, 0.29) is 5.91 Å². The first-order valence-electron chi connectivity index (χ1n) is 8.43. The summed E-state index contributed by atoms with van der Waals surface area (Å²) in [6, 6.07) is 16.6. The molecular weight excluding hydrogens is 342 g/mol. The first kappa shape index (κ1) is 18.3. The number of nitrogens with one attached hydrogen (secondary N) is 2. The van der Waals surface area contributed by atoms with Gasteiger partial charge in [0.1, 0.15) is 17.2 Å². The van der Waals surface area contributed by atoms with Gasteiger partial charge in [0.2, 0.25) is 0 Å². The molecule has 3 rings (SSSR count). The van der Waals surface area contributed by atoms with Crippen molar-refractivity contribution < 1.29 is 14.3 Å². The van der Waals surface area contributed by atoms with Gasteiger partial charge in [-0.2, -0.15) is 0 Å². The van der Waals surface area contributed by atoms with Crippen molar-refractivity contribution in [3.05, 3.63) is 72.1 Å². The van der Waals surface area contributed by atoms with E-state index in [2.05, 4.69) is 15.6 Å². The van der Waals surface area contributed by atoms with Gasteiger partial charge in [0.15, 0.2) is 0 Å². The van der Waals surface area contributed by atoms with Crippen molar-refractivity contribution in [2.75, 3.05) is 24.9 Å². The van der Waals surface area contributed by atoms with Gasteiger partial charge in [0, 0.05) is 23.6 Å². The zero-order chi connectivity index (χ0) is 19.2. The number of methoxy groups -OCH3 is 2. The third-order valence-corrected chi connectivity index (χ3v) is 4.07. The molecule has 6 nitrogen and oxygen atoms in total. The first-order valence-corrected chi connectivity index (χ1v) is 8.43. The quantitative estimate of drug-likeness (QED) is 0.679. The smallest absolute Gasteiger partial charge is 0.274 e. The molecule has 138 valence electrons. The molecule has 27 heavy (non-hydrogen) atoms. The maximum Gasteiger partial charge on any atom is 0.274 e. The highest BCUT2D eigenvalue weighted by molar-refractivity contribution is 6.03. The van der Waals surface area contributed by atoms with Gasteiger partial charge in [-0.1, -0.05) is 18.2 Å². The number of pyridine rings is 1. The lowest BCUT2D eigenvalue weighted by atomic mass is 10.2. The highest BCUT2D eigenvalue weighted by Gasteiger charge is 2.11.